The molecule has 1 saturated heterocycles. The van der Waals surface area contributed by atoms with Crippen molar-refractivity contribution in [2.24, 2.45) is 0 Å². The Morgan fingerprint density at radius 2 is 1.97 bits per heavy atom. The smallest absolute Gasteiger partial charge is 0.340 e. The Labute approximate surface area is 180 Å². The number of H-pyrrole nitrogens is 1. The van der Waals surface area contributed by atoms with Crippen LogP contribution in [0.5, 0.6) is 0 Å². The van der Waals surface area contributed by atoms with Gasteiger partial charge in [0.1, 0.15) is 11.6 Å². The van der Waals surface area contributed by atoms with Crippen molar-refractivity contribution >= 4 is 28.5 Å². The molecular weight excluding hydrogens is 428 g/mol. The molecule has 6 nitrogen and oxygen atoms in total. The molecule has 0 aliphatic carbocycles. The van der Waals surface area contributed by atoms with Gasteiger partial charge in [0.15, 0.2) is 0 Å². The Hall–Kier alpha value is -3.43. The maximum Gasteiger partial charge on any atom is 0.416 e. The van der Waals surface area contributed by atoms with E-state index in [0.29, 0.717) is 29.8 Å². The van der Waals surface area contributed by atoms with Crippen LogP contribution in [0.1, 0.15) is 43.1 Å². The number of hydrogen-bond acceptors (Lipinski definition) is 3. The molecule has 2 N–H and O–H groups in total. The van der Waals surface area contributed by atoms with Crippen molar-refractivity contribution in [3.05, 3.63) is 59.7 Å². The summed E-state index contributed by atoms with van der Waals surface area (Å²) in [5.41, 5.74) is 0.295. The molecule has 1 atom stereocenters. The summed E-state index contributed by atoms with van der Waals surface area (Å²) in [4.78, 5) is 34.1. The van der Waals surface area contributed by atoms with Crippen LogP contribution in [0.4, 0.5) is 23.2 Å². The summed E-state index contributed by atoms with van der Waals surface area (Å²) in [6.07, 6.45) is -3.31. The van der Waals surface area contributed by atoms with Gasteiger partial charge in [-0.2, -0.15) is 13.2 Å². The zero-order chi connectivity index (χ0) is 22.9. The summed E-state index contributed by atoms with van der Waals surface area (Å²) in [7, 11) is 0. The fraction of sp³-hybridized carbons (Fsp3) is 0.318. The van der Waals surface area contributed by atoms with Gasteiger partial charge in [0.25, 0.3) is 0 Å². The van der Waals surface area contributed by atoms with E-state index in [1.54, 1.807) is 11.0 Å². The minimum absolute atomic E-state index is 0.0193. The molecule has 0 spiro atoms. The van der Waals surface area contributed by atoms with E-state index in [-0.39, 0.29) is 36.3 Å². The summed E-state index contributed by atoms with van der Waals surface area (Å²) >= 11 is 0. The van der Waals surface area contributed by atoms with E-state index in [1.807, 2.05) is 0 Å². The Kier molecular flexibility index (Phi) is 5.86. The number of nitrogens with one attached hydrogen (secondary N) is 2. The second-order valence-corrected chi connectivity index (χ2v) is 7.66. The lowest BCUT2D eigenvalue weighted by Gasteiger charge is -2.23. The molecule has 1 fully saturated rings. The first-order chi connectivity index (χ1) is 15.2. The second-order valence-electron chi connectivity index (χ2n) is 7.66. The standard InChI is InChI=1S/C22H20F4N4O2/c23-14-6-7-16-17(12-14)29-21(28-16)18-5-2-10-30(18)20(32)9-8-19(31)27-15-4-1-3-13(11-15)22(24,25)26/h1,3-4,6-7,11-12,18H,2,5,8-10H2,(H,27,31)(H,28,29). The molecule has 168 valence electrons. The predicted molar refractivity (Wildman–Crippen MR) is 109 cm³/mol. The normalized spacial score (nSPS) is 16.5. The molecule has 2 aromatic carbocycles. The number of alkyl halides is 3. The average Bonchev–Trinajstić information content (AvgIpc) is 3.38. The molecule has 0 bridgehead atoms. The number of anilines is 1. The van der Waals surface area contributed by atoms with Crippen LogP contribution in [-0.4, -0.2) is 33.2 Å². The number of carbonyl (C=O) groups excluding carboxylic acids is 2. The highest BCUT2D eigenvalue weighted by atomic mass is 19.4. The molecule has 1 aromatic heterocycles. The third kappa shape index (κ3) is 4.74. The summed E-state index contributed by atoms with van der Waals surface area (Å²) < 4.78 is 51.9. The van der Waals surface area contributed by atoms with Gasteiger partial charge in [-0.05, 0) is 49.2 Å². The van der Waals surface area contributed by atoms with Crippen molar-refractivity contribution in [1.29, 1.82) is 0 Å². The van der Waals surface area contributed by atoms with Crippen LogP contribution in [0, 0.1) is 5.82 Å². The number of amides is 2. The fourth-order valence-corrected chi connectivity index (χ4v) is 3.87. The van der Waals surface area contributed by atoms with Crippen LogP contribution >= 0.6 is 0 Å². The van der Waals surface area contributed by atoms with Gasteiger partial charge in [0.2, 0.25) is 11.8 Å². The topological polar surface area (TPSA) is 78.1 Å². The minimum Gasteiger partial charge on any atom is -0.340 e. The van der Waals surface area contributed by atoms with Crippen molar-refractivity contribution in [2.45, 2.75) is 37.9 Å². The van der Waals surface area contributed by atoms with Crippen LogP contribution in [0.15, 0.2) is 42.5 Å². The quantitative estimate of drug-likeness (QED) is 0.551. The fourth-order valence-electron chi connectivity index (χ4n) is 3.87. The number of halogens is 4. The van der Waals surface area contributed by atoms with Crippen LogP contribution in [-0.2, 0) is 15.8 Å². The van der Waals surface area contributed by atoms with Crippen molar-refractivity contribution < 1.29 is 27.2 Å². The van der Waals surface area contributed by atoms with Gasteiger partial charge in [0.05, 0.1) is 22.6 Å². The largest absolute Gasteiger partial charge is 0.416 e. The van der Waals surface area contributed by atoms with E-state index in [9.17, 15) is 27.2 Å². The SMILES string of the molecule is O=C(CCC(=O)N1CCCC1c1nc2ccc(F)cc2[nH]1)Nc1cccc(C(F)(F)F)c1. The number of likely N-dealkylation sites (tertiary alicyclic amines) is 1. The first kappa shape index (κ1) is 21.8. The highest BCUT2D eigenvalue weighted by Gasteiger charge is 2.32. The van der Waals surface area contributed by atoms with Crippen molar-refractivity contribution in [3.63, 3.8) is 0 Å². The molecular formula is C22H20F4N4O2. The minimum atomic E-state index is -4.51. The molecule has 0 radical (unpaired) electrons. The van der Waals surface area contributed by atoms with E-state index in [4.69, 9.17) is 0 Å². The first-order valence-electron chi connectivity index (χ1n) is 10.1. The molecule has 10 heteroatoms. The number of nitrogens with zero attached hydrogens (tertiary/aromatic N) is 2. The van der Waals surface area contributed by atoms with E-state index in [0.717, 1.165) is 18.6 Å². The number of imidazole rings is 1. The van der Waals surface area contributed by atoms with Gasteiger partial charge in [-0.15, -0.1) is 0 Å². The summed E-state index contributed by atoms with van der Waals surface area (Å²) in [5.74, 6) is -0.630. The Morgan fingerprint density at radius 1 is 1.16 bits per heavy atom. The average molecular weight is 448 g/mol. The Morgan fingerprint density at radius 3 is 2.75 bits per heavy atom. The molecule has 1 aliphatic heterocycles. The number of aromatic nitrogens is 2. The lowest BCUT2D eigenvalue weighted by atomic mass is 10.1. The number of benzene rings is 2. The van der Waals surface area contributed by atoms with Crippen molar-refractivity contribution in [1.82, 2.24) is 14.9 Å². The van der Waals surface area contributed by atoms with E-state index in [1.165, 1.54) is 24.3 Å². The van der Waals surface area contributed by atoms with Crippen LogP contribution < -0.4 is 5.32 Å². The zero-order valence-corrected chi connectivity index (χ0v) is 16.9. The van der Waals surface area contributed by atoms with Gasteiger partial charge >= 0.3 is 6.18 Å². The van der Waals surface area contributed by atoms with Crippen LogP contribution in [0.2, 0.25) is 0 Å². The zero-order valence-electron chi connectivity index (χ0n) is 16.9. The Bertz CT molecular complexity index is 1160. The second kappa shape index (κ2) is 8.60. The van der Waals surface area contributed by atoms with Crippen LogP contribution in [0.25, 0.3) is 11.0 Å². The lowest BCUT2D eigenvalue weighted by Crippen LogP contribution is -2.31. The summed E-state index contributed by atoms with van der Waals surface area (Å²) in [5, 5.41) is 2.40. The van der Waals surface area contributed by atoms with Crippen LogP contribution in [0.3, 0.4) is 0 Å². The van der Waals surface area contributed by atoms with Crippen molar-refractivity contribution in [2.75, 3.05) is 11.9 Å². The lowest BCUT2D eigenvalue weighted by molar-refractivity contribution is -0.137. The van der Waals surface area contributed by atoms with Crippen molar-refractivity contribution in [3.8, 4) is 0 Å². The van der Waals surface area contributed by atoms with Gasteiger partial charge in [-0.3, -0.25) is 9.59 Å². The third-order valence-corrected chi connectivity index (χ3v) is 5.39. The molecule has 2 amide bonds. The number of carbonyl (C=O) groups is 2. The highest BCUT2D eigenvalue weighted by molar-refractivity contribution is 5.93. The van der Waals surface area contributed by atoms with E-state index in [2.05, 4.69) is 15.3 Å². The molecule has 2 heterocycles. The van der Waals surface area contributed by atoms with E-state index < -0.39 is 17.6 Å². The van der Waals surface area contributed by atoms with Gasteiger partial charge in [-0.1, -0.05) is 6.07 Å². The summed E-state index contributed by atoms with van der Waals surface area (Å²) in [6.45, 7) is 0.504. The van der Waals surface area contributed by atoms with Gasteiger partial charge in [0, 0.05) is 25.1 Å². The molecule has 4 rings (SSSR count). The maximum absolute atomic E-state index is 13.4. The highest BCUT2D eigenvalue weighted by Crippen LogP contribution is 2.33. The van der Waals surface area contributed by atoms with Gasteiger partial charge < -0.3 is 15.2 Å². The molecule has 32 heavy (non-hydrogen) atoms. The Balaban J connectivity index is 1.37. The van der Waals surface area contributed by atoms with E-state index >= 15 is 0 Å². The number of rotatable bonds is 5. The monoisotopic (exact) mass is 448 g/mol. The first-order valence-corrected chi connectivity index (χ1v) is 10.1. The molecule has 0 saturated carbocycles. The number of hydrogen-bond donors (Lipinski definition) is 2. The maximum atomic E-state index is 13.4. The number of fused-ring (bicyclic) bond motifs is 1. The number of aromatic amines is 1. The molecule has 3 aromatic rings. The van der Waals surface area contributed by atoms with Gasteiger partial charge in [-0.25, -0.2) is 9.37 Å². The third-order valence-electron chi connectivity index (χ3n) is 5.39. The molecule has 1 aliphatic rings. The predicted octanol–water partition coefficient (Wildman–Crippen LogP) is 4.80. The summed E-state index contributed by atoms with van der Waals surface area (Å²) in [6, 6.07) is 8.24. The molecule has 1 unspecified atom stereocenters.